The number of allylic oxidation sites excluding steroid dienone is 2. The van der Waals surface area contributed by atoms with Gasteiger partial charge in [0.25, 0.3) is 0 Å². The monoisotopic (exact) mass is 386 g/mol. The van der Waals surface area contributed by atoms with Gasteiger partial charge in [-0.2, -0.15) is 0 Å². The average Bonchev–Trinajstić information content (AvgIpc) is 2.57. The van der Waals surface area contributed by atoms with Gasteiger partial charge < -0.3 is 19.8 Å². The number of unbranched alkanes of at least 4 members (excludes halogenated alkanes) is 3. The fraction of sp³-hybridized carbons (Fsp3) is 0.750. The van der Waals surface area contributed by atoms with Gasteiger partial charge in [0.05, 0.1) is 45.4 Å². The molecule has 0 radical (unpaired) electrons. The standard InChI is InChI=1S/C20H35NO6/c1-2-3-4-5-6-7-14-21(15-8-11-18(22)23,16-9-12-19(24)25)17-10-13-20(26)27/h2-3H,4-17H2,1H3,(H2-,22,23,24,25,26,27)/p+1/b3-2+. The van der Waals surface area contributed by atoms with Crippen LogP contribution in [0.25, 0.3) is 0 Å². The van der Waals surface area contributed by atoms with Crippen molar-refractivity contribution >= 4 is 17.9 Å². The van der Waals surface area contributed by atoms with Crippen LogP contribution in [0.3, 0.4) is 0 Å². The van der Waals surface area contributed by atoms with Crippen LogP contribution in [0.2, 0.25) is 0 Å². The van der Waals surface area contributed by atoms with Crippen LogP contribution in [0.4, 0.5) is 0 Å². The van der Waals surface area contributed by atoms with E-state index in [-0.39, 0.29) is 19.3 Å². The van der Waals surface area contributed by atoms with Crippen molar-refractivity contribution in [1.82, 2.24) is 0 Å². The highest BCUT2D eigenvalue weighted by molar-refractivity contribution is 5.67. The number of hydrogen-bond acceptors (Lipinski definition) is 3. The Balaban J connectivity index is 4.88. The predicted molar refractivity (Wildman–Crippen MR) is 104 cm³/mol. The normalized spacial score (nSPS) is 11.7. The molecule has 0 aliphatic heterocycles. The van der Waals surface area contributed by atoms with E-state index in [1.807, 2.05) is 13.0 Å². The maximum Gasteiger partial charge on any atom is 0.303 e. The van der Waals surface area contributed by atoms with Crippen molar-refractivity contribution in [3.8, 4) is 0 Å². The topological polar surface area (TPSA) is 112 Å². The molecule has 0 rings (SSSR count). The van der Waals surface area contributed by atoms with Crippen LogP contribution in [-0.2, 0) is 14.4 Å². The van der Waals surface area contributed by atoms with Crippen molar-refractivity contribution in [3.05, 3.63) is 12.2 Å². The van der Waals surface area contributed by atoms with Crippen molar-refractivity contribution < 1.29 is 34.2 Å². The summed E-state index contributed by atoms with van der Waals surface area (Å²) in [5.41, 5.74) is 0. The molecule has 27 heavy (non-hydrogen) atoms. The van der Waals surface area contributed by atoms with Gasteiger partial charge in [0.15, 0.2) is 0 Å². The van der Waals surface area contributed by atoms with E-state index in [0.717, 1.165) is 32.2 Å². The molecule has 0 bridgehead atoms. The van der Waals surface area contributed by atoms with E-state index in [1.54, 1.807) is 0 Å². The molecule has 0 amide bonds. The Bertz CT molecular complexity index is 425. The molecule has 0 aromatic rings. The number of carboxylic acids is 3. The van der Waals surface area contributed by atoms with Crippen molar-refractivity contribution in [1.29, 1.82) is 0 Å². The lowest BCUT2D eigenvalue weighted by molar-refractivity contribution is -0.929. The van der Waals surface area contributed by atoms with Crippen LogP contribution in [0, 0.1) is 0 Å². The molecule has 0 atom stereocenters. The van der Waals surface area contributed by atoms with E-state index >= 15 is 0 Å². The Labute approximate surface area is 162 Å². The molecule has 7 nitrogen and oxygen atoms in total. The summed E-state index contributed by atoms with van der Waals surface area (Å²) >= 11 is 0. The Kier molecular flexibility index (Phi) is 14.1. The zero-order valence-electron chi connectivity index (χ0n) is 16.6. The van der Waals surface area contributed by atoms with Crippen LogP contribution in [0.15, 0.2) is 12.2 Å². The first-order valence-electron chi connectivity index (χ1n) is 9.93. The first-order valence-corrected chi connectivity index (χ1v) is 9.93. The second-order valence-corrected chi connectivity index (χ2v) is 7.15. The lowest BCUT2D eigenvalue weighted by Gasteiger charge is -2.39. The summed E-state index contributed by atoms with van der Waals surface area (Å²) < 4.78 is 0.622. The van der Waals surface area contributed by atoms with E-state index in [0.29, 0.717) is 43.4 Å². The van der Waals surface area contributed by atoms with Gasteiger partial charge in [-0.3, -0.25) is 14.4 Å². The first-order chi connectivity index (χ1) is 12.8. The second kappa shape index (κ2) is 15.2. The quantitative estimate of drug-likeness (QED) is 0.189. The second-order valence-electron chi connectivity index (χ2n) is 7.15. The molecule has 0 heterocycles. The van der Waals surface area contributed by atoms with Crippen LogP contribution in [0.1, 0.15) is 71.1 Å². The number of quaternary nitrogens is 1. The zero-order valence-corrected chi connectivity index (χ0v) is 16.6. The number of hydrogen-bond donors (Lipinski definition) is 3. The average molecular weight is 387 g/mol. The molecule has 0 spiro atoms. The highest BCUT2D eigenvalue weighted by Gasteiger charge is 2.27. The van der Waals surface area contributed by atoms with Crippen molar-refractivity contribution in [2.45, 2.75) is 71.1 Å². The smallest absolute Gasteiger partial charge is 0.303 e. The highest BCUT2D eigenvalue weighted by atomic mass is 16.4. The van der Waals surface area contributed by atoms with Crippen LogP contribution in [-0.4, -0.2) is 63.9 Å². The molecule has 0 aliphatic carbocycles. The number of aliphatic carboxylic acids is 3. The number of rotatable bonds is 18. The molecule has 0 aromatic heterocycles. The third-order valence-electron chi connectivity index (χ3n) is 4.81. The van der Waals surface area contributed by atoms with Gasteiger partial charge in [-0.1, -0.05) is 12.2 Å². The minimum atomic E-state index is -0.837. The SMILES string of the molecule is C/C=C/CCCCC[N+](CCCC(=O)O)(CCCC(=O)O)CCCC(=O)O. The summed E-state index contributed by atoms with van der Waals surface area (Å²) in [5, 5.41) is 26.8. The molecule has 0 aromatic carbocycles. The fourth-order valence-corrected chi connectivity index (χ4v) is 3.42. The number of nitrogens with zero attached hydrogens (tertiary/aromatic N) is 1. The molecule has 156 valence electrons. The number of carboxylic acid groups (broad SMARTS) is 3. The summed E-state index contributed by atoms with van der Waals surface area (Å²) in [6.45, 7) is 4.80. The van der Waals surface area contributed by atoms with E-state index in [2.05, 4.69) is 6.08 Å². The van der Waals surface area contributed by atoms with E-state index in [9.17, 15) is 14.4 Å². The highest BCUT2D eigenvalue weighted by Crippen LogP contribution is 2.18. The van der Waals surface area contributed by atoms with Gasteiger partial charge in [0.2, 0.25) is 0 Å². The minimum absolute atomic E-state index is 0.0825. The first kappa shape index (κ1) is 25.1. The van der Waals surface area contributed by atoms with E-state index < -0.39 is 17.9 Å². The maximum atomic E-state index is 10.9. The lowest BCUT2D eigenvalue weighted by atomic mass is 10.1. The van der Waals surface area contributed by atoms with Gasteiger partial charge in [-0.25, -0.2) is 0 Å². The molecule has 3 N–H and O–H groups in total. The zero-order chi connectivity index (χ0) is 20.5. The Hall–Kier alpha value is -1.89. The van der Waals surface area contributed by atoms with E-state index in [1.165, 1.54) is 0 Å². The van der Waals surface area contributed by atoms with Crippen LogP contribution < -0.4 is 0 Å². The Morgan fingerprint density at radius 3 is 1.44 bits per heavy atom. The molecular formula is C20H36NO6+. The summed E-state index contributed by atoms with van der Waals surface area (Å²) in [6.07, 6.45) is 10.1. The third-order valence-corrected chi connectivity index (χ3v) is 4.81. The summed E-state index contributed by atoms with van der Waals surface area (Å²) in [4.78, 5) is 32.7. The number of carbonyl (C=O) groups is 3. The molecule has 0 fully saturated rings. The van der Waals surface area contributed by atoms with Crippen molar-refractivity contribution in [2.24, 2.45) is 0 Å². The molecular weight excluding hydrogens is 350 g/mol. The van der Waals surface area contributed by atoms with Crippen molar-refractivity contribution in [2.75, 3.05) is 26.2 Å². The Morgan fingerprint density at radius 1 is 0.667 bits per heavy atom. The molecule has 0 aliphatic rings. The molecule has 0 saturated carbocycles. The fourth-order valence-electron chi connectivity index (χ4n) is 3.42. The molecule has 0 unspecified atom stereocenters. The maximum absolute atomic E-state index is 10.9. The van der Waals surface area contributed by atoms with Gasteiger partial charge in [-0.15, -0.1) is 0 Å². The largest absolute Gasteiger partial charge is 0.481 e. The summed E-state index contributed by atoms with van der Waals surface area (Å²) in [5.74, 6) is -2.51. The third kappa shape index (κ3) is 14.9. The van der Waals surface area contributed by atoms with Gasteiger partial charge >= 0.3 is 17.9 Å². The van der Waals surface area contributed by atoms with Gasteiger partial charge in [0.1, 0.15) is 0 Å². The van der Waals surface area contributed by atoms with Crippen LogP contribution >= 0.6 is 0 Å². The van der Waals surface area contributed by atoms with Gasteiger partial charge in [-0.05, 0) is 32.6 Å². The van der Waals surface area contributed by atoms with Crippen LogP contribution in [0.5, 0.6) is 0 Å². The summed E-state index contributed by atoms with van der Waals surface area (Å²) in [7, 11) is 0. The molecule has 7 heteroatoms. The molecule has 0 saturated heterocycles. The Morgan fingerprint density at radius 2 is 1.07 bits per heavy atom. The van der Waals surface area contributed by atoms with E-state index in [4.69, 9.17) is 15.3 Å². The van der Waals surface area contributed by atoms with Gasteiger partial charge in [0, 0.05) is 19.3 Å². The lowest BCUT2D eigenvalue weighted by Crippen LogP contribution is -2.51. The summed E-state index contributed by atoms with van der Waals surface area (Å²) in [6, 6.07) is 0. The predicted octanol–water partition coefficient (Wildman–Crippen LogP) is 3.53. The minimum Gasteiger partial charge on any atom is -0.481 e. The van der Waals surface area contributed by atoms with Crippen molar-refractivity contribution in [3.63, 3.8) is 0 Å².